The lowest BCUT2D eigenvalue weighted by molar-refractivity contribution is 0.0939. The van der Waals surface area contributed by atoms with Gasteiger partial charge in [-0.1, -0.05) is 25.4 Å². The Morgan fingerprint density at radius 2 is 2.17 bits per heavy atom. The first-order valence-corrected chi connectivity index (χ1v) is 7.35. The van der Waals surface area contributed by atoms with Gasteiger partial charge in [-0.25, -0.2) is 0 Å². The molecule has 2 rings (SSSR count). The molecule has 4 heteroatoms. The number of hydrogen-bond acceptors (Lipinski definition) is 1. The van der Waals surface area contributed by atoms with Gasteiger partial charge in [-0.3, -0.25) is 4.79 Å². The van der Waals surface area contributed by atoms with Gasteiger partial charge in [0.15, 0.2) is 0 Å². The molecule has 0 aromatic heterocycles. The average Bonchev–Trinajstić information content (AvgIpc) is 3.11. The molecule has 0 spiro atoms. The van der Waals surface area contributed by atoms with Crippen LogP contribution in [0.2, 0.25) is 5.02 Å². The van der Waals surface area contributed by atoms with Crippen molar-refractivity contribution in [1.82, 2.24) is 5.32 Å². The van der Waals surface area contributed by atoms with Crippen molar-refractivity contribution in [2.45, 2.75) is 26.7 Å². The van der Waals surface area contributed by atoms with E-state index in [1.807, 2.05) is 0 Å². The molecule has 1 aromatic carbocycles. The number of carbonyl (C=O) groups excluding carboxylic acids is 1. The molecule has 1 amide bonds. The summed E-state index contributed by atoms with van der Waals surface area (Å²) in [7, 11) is 0. The Balaban J connectivity index is 1.98. The predicted molar refractivity (Wildman–Crippen MR) is 78.0 cm³/mol. The highest BCUT2D eigenvalue weighted by molar-refractivity contribution is 9.10. The van der Waals surface area contributed by atoms with Crippen LogP contribution in [0.4, 0.5) is 0 Å². The Bertz CT molecular complexity index is 469. The third-order valence-electron chi connectivity index (χ3n) is 3.90. The molecule has 1 aromatic rings. The van der Waals surface area contributed by atoms with Crippen molar-refractivity contribution in [2.24, 2.45) is 11.3 Å². The number of amides is 1. The summed E-state index contributed by atoms with van der Waals surface area (Å²) in [5.74, 6) is 0.592. The van der Waals surface area contributed by atoms with Crippen LogP contribution in [0.5, 0.6) is 0 Å². The van der Waals surface area contributed by atoms with Gasteiger partial charge in [0.2, 0.25) is 0 Å². The second-order valence-corrected chi connectivity index (χ2v) is 6.59. The Labute approximate surface area is 121 Å². The second-order valence-electron chi connectivity index (χ2n) is 5.33. The van der Waals surface area contributed by atoms with Crippen LogP contribution in [0.25, 0.3) is 0 Å². The molecule has 0 atom stereocenters. The van der Waals surface area contributed by atoms with Gasteiger partial charge >= 0.3 is 0 Å². The van der Waals surface area contributed by atoms with Crippen LogP contribution < -0.4 is 5.32 Å². The quantitative estimate of drug-likeness (QED) is 0.877. The number of carbonyl (C=O) groups is 1. The monoisotopic (exact) mass is 329 g/mol. The van der Waals surface area contributed by atoms with Gasteiger partial charge in [0, 0.05) is 16.6 Å². The molecule has 1 fully saturated rings. The number of benzene rings is 1. The molecule has 0 heterocycles. The van der Waals surface area contributed by atoms with E-state index in [0.717, 1.165) is 11.0 Å². The number of hydrogen-bond donors (Lipinski definition) is 1. The third kappa shape index (κ3) is 2.89. The van der Waals surface area contributed by atoms with Gasteiger partial charge in [-0.2, -0.15) is 0 Å². The van der Waals surface area contributed by atoms with Crippen molar-refractivity contribution in [3.63, 3.8) is 0 Å². The first-order chi connectivity index (χ1) is 8.44. The first kappa shape index (κ1) is 13.9. The fraction of sp³-hybridized carbons (Fsp3) is 0.500. The minimum Gasteiger partial charge on any atom is -0.351 e. The molecule has 0 saturated heterocycles. The van der Waals surface area contributed by atoms with E-state index >= 15 is 0 Å². The summed E-state index contributed by atoms with van der Waals surface area (Å²) in [6.45, 7) is 5.21. The summed E-state index contributed by atoms with van der Waals surface area (Å²) in [4.78, 5) is 12.0. The van der Waals surface area contributed by atoms with Crippen LogP contribution in [0.15, 0.2) is 22.7 Å². The van der Waals surface area contributed by atoms with Crippen molar-refractivity contribution in [3.8, 4) is 0 Å². The summed E-state index contributed by atoms with van der Waals surface area (Å²) in [6.07, 6.45) is 2.44. The SMILES string of the molecule is CC(C)C1(CNC(=O)c2ccc(Cl)c(Br)c2)CC1. The lowest BCUT2D eigenvalue weighted by atomic mass is 9.92. The molecule has 98 valence electrons. The van der Waals surface area contributed by atoms with Crippen LogP contribution in [-0.4, -0.2) is 12.5 Å². The smallest absolute Gasteiger partial charge is 0.251 e. The zero-order chi connectivity index (χ0) is 13.3. The molecular weight excluding hydrogens is 314 g/mol. The summed E-state index contributed by atoms with van der Waals surface area (Å²) in [6, 6.07) is 5.24. The lowest BCUT2D eigenvalue weighted by Crippen LogP contribution is -2.32. The van der Waals surface area contributed by atoms with Gasteiger partial charge in [0.1, 0.15) is 0 Å². The van der Waals surface area contributed by atoms with E-state index < -0.39 is 0 Å². The fourth-order valence-corrected chi connectivity index (χ4v) is 2.61. The van der Waals surface area contributed by atoms with E-state index in [0.29, 0.717) is 21.9 Å². The fourth-order valence-electron chi connectivity index (χ4n) is 2.11. The van der Waals surface area contributed by atoms with Crippen LogP contribution >= 0.6 is 27.5 Å². The number of nitrogens with one attached hydrogen (secondary N) is 1. The van der Waals surface area contributed by atoms with E-state index in [9.17, 15) is 4.79 Å². The van der Waals surface area contributed by atoms with Crippen LogP contribution in [0.1, 0.15) is 37.0 Å². The average molecular weight is 331 g/mol. The topological polar surface area (TPSA) is 29.1 Å². The molecule has 0 unspecified atom stereocenters. The molecule has 1 saturated carbocycles. The largest absolute Gasteiger partial charge is 0.351 e. The molecule has 1 aliphatic rings. The van der Waals surface area contributed by atoms with E-state index in [-0.39, 0.29) is 5.91 Å². The van der Waals surface area contributed by atoms with E-state index in [1.54, 1.807) is 18.2 Å². The summed E-state index contributed by atoms with van der Waals surface area (Å²) < 4.78 is 0.752. The summed E-state index contributed by atoms with van der Waals surface area (Å²) >= 11 is 9.24. The van der Waals surface area contributed by atoms with Crippen LogP contribution in [0, 0.1) is 11.3 Å². The Morgan fingerprint density at radius 1 is 1.50 bits per heavy atom. The maximum atomic E-state index is 12.0. The van der Waals surface area contributed by atoms with Gasteiger partial charge in [-0.05, 0) is 58.3 Å². The highest BCUT2D eigenvalue weighted by Crippen LogP contribution is 2.51. The van der Waals surface area contributed by atoms with Crippen molar-refractivity contribution in [1.29, 1.82) is 0 Å². The second kappa shape index (κ2) is 5.22. The zero-order valence-electron chi connectivity index (χ0n) is 10.6. The molecule has 0 radical (unpaired) electrons. The van der Waals surface area contributed by atoms with Crippen molar-refractivity contribution >= 4 is 33.4 Å². The van der Waals surface area contributed by atoms with E-state index in [4.69, 9.17) is 11.6 Å². The number of halogens is 2. The normalized spacial score (nSPS) is 16.7. The van der Waals surface area contributed by atoms with E-state index in [1.165, 1.54) is 12.8 Å². The van der Waals surface area contributed by atoms with Crippen LogP contribution in [0.3, 0.4) is 0 Å². The van der Waals surface area contributed by atoms with Gasteiger partial charge < -0.3 is 5.32 Å². The highest BCUT2D eigenvalue weighted by Gasteiger charge is 2.45. The van der Waals surface area contributed by atoms with Crippen LogP contribution in [-0.2, 0) is 0 Å². The summed E-state index contributed by atoms with van der Waals surface area (Å²) in [5, 5.41) is 3.64. The Hall–Kier alpha value is -0.540. The van der Waals surface area contributed by atoms with Crippen molar-refractivity contribution < 1.29 is 4.79 Å². The van der Waals surface area contributed by atoms with Crippen molar-refractivity contribution in [3.05, 3.63) is 33.3 Å². The summed E-state index contributed by atoms with van der Waals surface area (Å²) in [5.41, 5.74) is 0.977. The number of rotatable bonds is 4. The molecule has 0 bridgehead atoms. The minimum absolute atomic E-state index is 0.0284. The minimum atomic E-state index is -0.0284. The maximum absolute atomic E-state index is 12.0. The maximum Gasteiger partial charge on any atom is 0.251 e. The standard InChI is InChI=1S/C14H17BrClNO/c1-9(2)14(5-6-14)8-17-13(18)10-3-4-12(16)11(15)7-10/h3-4,7,9H,5-6,8H2,1-2H3,(H,17,18). The van der Waals surface area contributed by atoms with Gasteiger partial charge in [0.25, 0.3) is 5.91 Å². The Kier molecular flexibility index (Phi) is 4.02. The Morgan fingerprint density at radius 3 is 2.67 bits per heavy atom. The molecule has 18 heavy (non-hydrogen) atoms. The first-order valence-electron chi connectivity index (χ1n) is 6.18. The van der Waals surface area contributed by atoms with Crippen molar-refractivity contribution in [2.75, 3.05) is 6.54 Å². The predicted octanol–water partition coefficient (Wildman–Crippen LogP) is 4.27. The zero-order valence-corrected chi connectivity index (χ0v) is 12.9. The lowest BCUT2D eigenvalue weighted by Gasteiger charge is -2.20. The molecule has 0 aliphatic heterocycles. The third-order valence-corrected chi connectivity index (χ3v) is 5.11. The van der Waals surface area contributed by atoms with Gasteiger partial charge in [0.05, 0.1) is 5.02 Å². The molecule has 1 aliphatic carbocycles. The molecule has 2 nitrogen and oxygen atoms in total. The van der Waals surface area contributed by atoms with Gasteiger partial charge in [-0.15, -0.1) is 0 Å². The highest BCUT2D eigenvalue weighted by atomic mass is 79.9. The van der Waals surface area contributed by atoms with E-state index in [2.05, 4.69) is 35.1 Å². The molecular formula is C14H17BrClNO. The molecule has 1 N–H and O–H groups in total.